The van der Waals surface area contributed by atoms with E-state index in [1.54, 1.807) is 7.05 Å². The Morgan fingerprint density at radius 1 is 1.18 bits per heavy atom. The standard InChI is InChI=1S/C28H39N4O5P.C2H6/c1-4-17-30(3)28(34)26-27(31(21-33)18-7-8-19-38(35,36)37)29-25(32(26)20-24-9-5-6-10-24)16-15-23-13-11-22(2)12-14-23;1-2/h1,11-14,21,24H,5-10,15-20H2,2-3H3,(H2,35,36,37);1-2H3. The molecule has 0 bridgehead atoms. The van der Waals surface area contributed by atoms with E-state index in [0.29, 0.717) is 37.4 Å². The number of amides is 2. The van der Waals surface area contributed by atoms with Gasteiger partial charge < -0.3 is 19.3 Å². The van der Waals surface area contributed by atoms with Crippen molar-refractivity contribution in [2.45, 2.75) is 78.7 Å². The van der Waals surface area contributed by atoms with Gasteiger partial charge in [0.15, 0.2) is 11.5 Å². The van der Waals surface area contributed by atoms with Crippen molar-refractivity contribution in [2.75, 3.05) is 31.2 Å². The molecule has 2 amide bonds. The van der Waals surface area contributed by atoms with Gasteiger partial charge in [-0.1, -0.05) is 62.4 Å². The molecule has 1 heterocycles. The number of carbonyl (C=O) groups excluding carboxylic acids is 2. The van der Waals surface area contributed by atoms with Crippen LogP contribution in [0.5, 0.6) is 0 Å². The van der Waals surface area contributed by atoms with Crippen molar-refractivity contribution < 1.29 is 23.9 Å². The number of carbonyl (C=O) groups is 2. The Labute approximate surface area is 239 Å². The summed E-state index contributed by atoms with van der Waals surface area (Å²) in [7, 11) is -2.49. The number of nitrogens with zero attached hydrogens (tertiary/aromatic N) is 4. The maximum absolute atomic E-state index is 13.7. The highest BCUT2D eigenvalue weighted by atomic mass is 31.2. The Morgan fingerprint density at radius 3 is 2.40 bits per heavy atom. The van der Waals surface area contributed by atoms with E-state index in [4.69, 9.17) is 11.4 Å². The third-order valence-electron chi connectivity index (χ3n) is 7.08. The Morgan fingerprint density at radius 2 is 1.82 bits per heavy atom. The Balaban J connectivity index is 0.00000274. The zero-order valence-corrected chi connectivity index (χ0v) is 25.3. The van der Waals surface area contributed by atoms with Crippen molar-refractivity contribution in [3.63, 3.8) is 0 Å². The van der Waals surface area contributed by atoms with Crippen LogP contribution in [0.2, 0.25) is 0 Å². The topological polar surface area (TPSA) is 116 Å². The molecule has 1 aromatic carbocycles. The minimum absolute atomic E-state index is 0.120. The number of aromatic nitrogens is 2. The van der Waals surface area contributed by atoms with E-state index in [1.807, 2.05) is 25.3 Å². The van der Waals surface area contributed by atoms with Gasteiger partial charge >= 0.3 is 7.60 Å². The number of rotatable bonds is 14. The highest BCUT2D eigenvalue weighted by Gasteiger charge is 2.30. The number of anilines is 1. The van der Waals surface area contributed by atoms with Crippen molar-refractivity contribution >= 4 is 25.7 Å². The molecule has 2 aromatic rings. The lowest BCUT2D eigenvalue weighted by molar-refractivity contribution is -0.107. The predicted octanol–water partition coefficient (Wildman–Crippen LogP) is 4.82. The van der Waals surface area contributed by atoms with Crippen molar-refractivity contribution in [2.24, 2.45) is 5.92 Å². The smallest absolute Gasteiger partial charge is 0.325 e. The third-order valence-corrected chi connectivity index (χ3v) is 7.98. The number of imidazole rings is 1. The van der Waals surface area contributed by atoms with Crippen molar-refractivity contribution in [1.82, 2.24) is 14.5 Å². The van der Waals surface area contributed by atoms with Crippen LogP contribution in [0, 0.1) is 25.2 Å². The molecule has 1 aliphatic rings. The van der Waals surface area contributed by atoms with E-state index in [0.717, 1.165) is 43.5 Å². The molecule has 2 N–H and O–H groups in total. The van der Waals surface area contributed by atoms with Gasteiger partial charge in [-0.25, -0.2) is 4.98 Å². The second kappa shape index (κ2) is 16.4. The van der Waals surface area contributed by atoms with Gasteiger partial charge in [-0.2, -0.15) is 0 Å². The molecule has 0 spiro atoms. The molecule has 3 rings (SSSR count). The van der Waals surface area contributed by atoms with Crippen LogP contribution in [0.1, 0.15) is 79.8 Å². The lowest BCUT2D eigenvalue weighted by atomic mass is 10.1. The molecular formula is C30H45N4O5P. The molecule has 10 heteroatoms. The SMILES string of the molecule is C#CCN(C)C(=O)c1c(N(C=O)CCCCP(=O)(O)O)nc(CCc2ccc(C)cc2)n1CC1CCCC1.CC. The van der Waals surface area contributed by atoms with Crippen molar-refractivity contribution in [1.29, 1.82) is 0 Å². The molecule has 0 radical (unpaired) electrons. The summed E-state index contributed by atoms with van der Waals surface area (Å²) in [6.45, 7) is 7.00. The molecule has 0 unspecified atom stereocenters. The van der Waals surface area contributed by atoms with Gasteiger partial charge in [0.25, 0.3) is 5.91 Å². The predicted molar refractivity (Wildman–Crippen MR) is 159 cm³/mol. The van der Waals surface area contributed by atoms with Gasteiger partial charge in [0.1, 0.15) is 5.82 Å². The summed E-state index contributed by atoms with van der Waals surface area (Å²) in [4.78, 5) is 51.9. The average molecular weight is 573 g/mol. The highest BCUT2D eigenvalue weighted by Crippen LogP contribution is 2.35. The van der Waals surface area contributed by atoms with E-state index in [9.17, 15) is 23.9 Å². The van der Waals surface area contributed by atoms with Crippen LogP contribution in [-0.2, 0) is 28.7 Å². The number of aryl methyl sites for hydroxylation is 3. The number of benzene rings is 1. The Hall–Kier alpha value is -2.92. The lowest BCUT2D eigenvalue weighted by Gasteiger charge is -2.22. The van der Waals surface area contributed by atoms with E-state index in [2.05, 4.69) is 30.2 Å². The quantitative estimate of drug-likeness (QED) is 0.145. The van der Waals surface area contributed by atoms with E-state index >= 15 is 0 Å². The van der Waals surface area contributed by atoms with Crippen LogP contribution in [0.4, 0.5) is 5.82 Å². The van der Waals surface area contributed by atoms with Gasteiger partial charge in [0, 0.05) is 32.7 Å². The largest absolute Gasteiger partial charge is 0.329 e. The number of unbranched alkanes of at least 4 members (excludes halogenated alkanes) is 1. The minimum Gasteiger partial charge on any atom is -0.329 e. The molecule has 1 fully saturated rings. The fourth-order valence-corrected chi connectivity index (χ4v) is 5.58. The summed E-state index contributed by atoms with van der Waals surface area (Å²) < 4.78 is 13.2. The molecule has 220 valence electrons. The number of terminal acetylenes is 1. The molecule has 40 heavy (non-hydrogen) atoms. The van der Waals surface area contributed by atoms with Crippen molar-refractivity contribution in [3.05, 3.63) is 46.9 Å². The van der Waals surface area contributed by atoms with Crippen LogP contribution in [0.25, 0.3) is 0 Å². The monoisotopic (exact) mass is 572 g/mol. The Kier molecular flexibility index (Phi) is 13.6. The van der Waals surface area contributed by atoms with Gasteiger partial charge in [0.2, 0.25) is 6.41 Å². The molecule has 9 nitrogen and oxygen atoms in total. The first-order valence-electron chi connectivity index (χ1n) is 14.2. The molecule has 1 aliphatic carbocycles. The zero-order valence-electron chi connectivity index (χ0n) is 24.4. The fourth-order valence-electron chi connectivity index (χ4n) is 4.94. The van der Waals surface area contributed by atoms with Gasteiger partial charge in [-0.05, 0) is 50.5 Å². The molecular weight excluding hydrogens is 527 g/mol. The normalized spacial score (nSPS) is 13.3. The number of hydrogen-bond donors (Lipinski definition) is 2. The second-order valence-electron chi connectivity index (χ2n) is 10.2. The molecule has 1 aromatic heterocycles. The summed E-state index contributed by atoms with van der Waals surface area (Å²) in [6.07, 6.45) is 12.3. The minimum atomic E-state index is -4.12. The van der Waals surface area contributed by atoms with Gasteiger partial charge in [-0.15, -0.1) is 6.42 Å². The summed E-state index contributed by atoms with van der Waals surface area (Å²) in [5.74, 6) is 3.65. The second-order valence-corrected chi connectivity index (χ2v) is 12.0. The first-order valence-corrected chi connectivity index (χ1v) is 16.0. The van der Waals surface area contributed by atoms with Gasteiger partial charge in [0.05, 0.1) is 6.54 Å². The van der Waals surface area contributed by atoms with Crippen LogP contribution in [0.15, 0.2) is 24.3 Å². The average Bonchev–Trinajstić information content (AvgIpc) is 3.57. The lowest BCUT2D eigenvalue weighted by Crippen LogP contribution is -2.33. The summed E-state index contributed by atoms with van der Waals surface area (Å²) in [5, 5.41) is 0. The Bertz CT molecular complexity index is 1180. The van der Waals surface area contributed by atoms with E-state index in [1.165, 1.54) is 15.4 Å². The summed E-state index contributed by atoms with van der Waals surface area (Å²) >= 11 is 0. The number of hydrogen-bond acceptors (Lipinski definition) is 4. The summed E-state index contributed by atoms with van der Waals surface area (Å²) in [6, 6.07) is 8.32. The first-order chi connectivity index (χ1) is 19.1. The van der Waals surface area contributed by atoms with E-state index < -0.39 is 7.60 Å². The van der Waals surface area contributed by atoms with Gasteiger partial charge in [-0.3, -0.25) is 19.1 Å². The van der Waals surface area contributed by atoms with E-state index in [-0.39, 0.29) is 37.4 Å². The maximum atomic E-state index is 13.7. The fraction of sp³-hybridized carbons (Fsp3) is 0.567. The van der Waals surface area contributed by atoms with Crippen LogP contribution in [0.3, 0.4) is 0 Å². The van der Waals surface area contributed by atoms with Crippen LogP contribution >= 0.6 is 7.60 Å². The maximum Gasteiger partial charge on any atom is 0.325 e. The van der Waals surface area contributed by atoms with Crippen molar-refractivity contribution in [3.8, 4) is 12.3 Å². The van der Waals surface area contributed by atoms with Crippen LogP contribution in [-0.4, -0.2) is 62.9 Å². The zero-order chi connectivity index (χ0) is 29.7. The molecule has 1 saturated carbocycles. The third kappa shape index (κ3) is 9.92. The molecule has 0 aliphatic heterocycles. The first kappa shape index (κ1) is 33.3. The molecule has 0 saturated heterocycles. The van der Waals surface area contributed by atoms with Crippen LogP contribution < -0.4 is 4.90 Å². The molecule has 0 atom stereocenters. The highest BCUT2D eigenvalue weighted by molar-refractivity contribution is 7.51. The summed E-state index contributed by atoms with van der Waals surface area (Å²) in [5.41, 5.74) is 2.69.